The van der Waals surface area contributed by atoms with Crippen LogP contribution in [0.5, 0.6) is 0 Å². The summed E-state index contributed by atoms with van der Waals surface area (Å²) < 4.78 is 7.83. The first-order valence-electron chi connectivity index (χ1n) is 8.95. The first kappa shape index (κ1) is 17.1. The van der Waals surface area contributed by atoms with E-state index in [0.717, 1.165) is 36.4 Å². The van der Waals surface area contributed by atoms with Crippen molar-refractivity contribution in [3.63, 3.8) is 0 Å². The fourth-order valence-electron chi connectivity index (χ4n) is 3.45. The number of halogens is 1. The molecule has 0 fully saturated rings. The molecule has 1 heterocycles. The van der Waals surface area contributed by atoms with E-state index in [1.165, 1.54) is 16.3 Å². The number of nitrogens with zero attached hydrogens (tertiary/aromatic N) is 2. The van der Waals surface area contributed by atoms with Crippen LogP contribution in [-0.4, -0.2) is 22.8 Å². The lowest BCUT2D eigenvalue weighted by molar-refractivity contribution is 0.139. The van der Waals surface area contributed by atoms with Gasteiger partial charge in [-0.15, -0.1) is 0 Å². The smallest absolute Gasteiger partial charge is 0.114 e. The summed E-state index contributed by atoms with van der Waals surface area (Å²) in [6, 6.07) is 20.8. The highest BCUT2D eigenvalue weighted by Gasteiger charge is 2.13. The van der Waals surface area contributed by atoms with Gasteiger partial charge in [0.15, 0.2) is 0 Å². The third kappa shape index (κ3) is 3.33. The molecule has 0 spiro atoms. The molecule has 26 heavy (non-hydrogen) atoms. The van der Waals surface area contributed by atoms with Gasteiger partial charge in [-0.3, -0.25) is 0 Å². The van der Waals surface area contributed by atoms with Crippen LogP contribution in [0.25, 0.3) is 21.8 Å². The van der Waals surface area contributed by atoms with Crippen LogP contribution in [0.2, 0.25) is 5.02 Å². The van der Waals surface area contributed by atoms with Gasteiger partial charge in [0.25, 0.3) is 0 Å². The van der Waals surface area contributed by atoms with Crippen molar-refractivity contribution < 1.29 is 4.74 Å². The topological polar surface area (TPSA) is 27.1 Å². The second kappa shape index (κ2) is 7.48. The molecule has 4 rings (SSSR count). The van der Waals surface area contributed by atoms with E-state index in [9.17, 15) is 0 Å². The lowest BCUT2D eigenvalue weighted by atomic mass is 10.0. The molecule has 0 amide bonds. The summed E-state index contributed by atoms with van der Waals surface area (Å²) >= 11 is 6.17. The molecule has 0 saturated heterocycles. The second-order valence-corrected chi connectivity index (χ2v) is 6.76. The zero-order valence-corrected chi connectivity index (χ0v) is 15.5. The monoisotopic (exact) mass is 364 g/mol. The molecule has 3 nitrogen and oxygen atoms in total. The number of hydrogen-bond acceptors (Lipinski definition) is 2. The molecule has 0 unspecified atom stereocenters. The summed E-state index contributed by atoms with van der Waals surface area (Å²) in [5.74, 6) is 1.04. The van der Waals surface area contributed by atoms with E-state index in [1.807, 2.05) is 25.1 Å². The summed E-state index contributed by atoms with van der Waals surface area (Å²) in [6.07, 6.45) is 0.778. The number of hydrogen-bond donors (Lipinski definition) is 0. The van der Waals surface area contributed by atoms with Crippen LogP contribution < -0.4 is 0 Å². The fraction of sp³-hybridized carbons (Fsp3) is 0.227. The van der Waals surface area contributed by atoms with Gasteiger partial charge in [-0.25, -0.2) is 4.98 Å². The normalized spacial score (nSPS) is 11.5. The molecule has 0 aliphatic rings. The van der Waals surface area contributed by atoms with Gasteiger partial charge < -0.3 is 9.30 Å². The molecular weight excluding hydrogens is 344 g/mol. The molecule has 1 aromatic heterocycles. The van der Waals surface area contributed by atoms with Crippen LogP contribution in [0.4, 0.5) is 0 Å². The Kier molecular flexibility index (Phi) is 4.91. The van der Waals surface area contributed by atoms with E-state index in [-0.39, 0.29) is 0 Å². The van der Waals surface area contributed by atoms with E-state index in [0.29, 0.717) is 11.6 Å². The molecule has 3 aromatic carbocycles. The van der Waals surface area contributed by atoms with Gasteiger partial charge in [0.1, 0.15) is 5.82 Å². The molecular formula is C22H21ClN2O. The zero-order chi connectivity index (χ0) is 17.9. The number of rotatable bonds is 6. The van der Waals surface area contributed by atoms with Gasteiger partial charge in [-0.05, 0) is 41.5 Å². The lowest BCUT2D eigenvalue weighted by Crippen LogP contribution is -2.10. The fourth-order valence-corrected chi connectivity index (χ4v) is 3.62. The van der Waals surface area contributed by atoms with E-state index in [2.05, 4.69) is 47.0 Å². The molecule has 0 aliphatic heterocycles. The number of aromatic nitrogens is 2. The predicted octanol–water partition coefficient (Wildman–Crippen LogP) is 5.47. The highest BCUT2D eigenvalue weighted by atomic mass is 35.5. The number of ether oxygens (including phenoxy) is 1. The molecule has 4 aromatic rings. The Bertz CT molecular complexity index is 1050. The third-order valence-electron chi connectivity index (χ3n) is 4.68. The first-order valence-corrected chi connectivity index (χ1v) is 9.33. The Morgan fingerprint density at radius 1 is 1.04 bits per heavy atom. The Morgan fingerprint density at radius 3 is 2.77 bits per heavy atom. The van der Waals surface area contributed by atoms with Crippen LogP contribution in [0.1, 0.15) is 18.3 Å². The third-order valence-corrected chi connectivity index (χ3v) is 4.92. The SMILES string of the molecule is CCOCCn1c(Cc2cccc3ccccc23)nc2cc(Cl)ccc21. The highest BCUT2D eigenvalue weighted by molar-refractivity contribution is 6.31. The van der Waals surface area contributed by atoms with Gasteiger partial charge in [-0.1, -0.05) is 54.1 Å². The molecule has 4 heteroatoms. The van der Waals surface area contributed by atoms with Crippen LogP contribution in [0, 0.1) is 0 Å². The van der Waals surface area contributed by atoms with Crippen LogP contribution in [-0.2, 0) is 17.7 Å². The Hall–Kier alpha value is -2.36. The van der Waals surface area contributed by atoms with Gasteiger partial charge in [0.2, 0.25) is 0 Å². The van der Waals surface area contributed by atoms with E-state index < -0.39 is 0 Å². The van der Waals surface area contributed by atoms with Gasteiger partial charge >= 0.3 is 0 Å². The Balaban J connectivity index is 1.78. The van der Waals surface area contributed by atoms with Gasteiger partial charge in [0.05, 0.1) is 17.6 Å². The summed E-state index contributed by atoms with van der Waals surface area (Å²) in [5.41, 5.74) is 3.32. The Labute approximate surface area is 158 Å². The maximum atomic E-state index is 6.17. The number of imidazole rings is 1. The molecule has 0 aliphatic carbocycles. The van der Waals surface area contributed by atoms with Crippen molar-refractivity contribution in [3.8, 4) is 0 Å². The molecule has 132 valence electrons. The van der Waals surface area contributed by atoms with Crippen LogP contribution >= 0.6 is 11.6 Å². The van der Waals surface area contributed by atoms with Crippen molar-refractivity contribution in [2.45, 2.75) is 19.9 Å². The Morgan fingerprint density at radius 2 is 1.88 bits per heavy atom. The number of benzene rings is 3. The summed E-state index contributed by atoms with van der Waals surface area (Å²) in [5, 5.41) is 3.24. The average molecular weight is 365 g/mol. The van der Waals surface area contributed by atoms with Crippen molar-refractivity contribution in [1.29, 1.82) is 0 Å². The van der Waals surface area contributed by atoms with Crippen LogP contribution in [0.15, 0.2) is 60.7 Å². The quantitative estimate of drug-likeness (QED) is 0.424. The van der Waals surface area contributed by atoms with E-state index in [4.69, 9.17) is 21.3 Å². The minimum atomic E-state index is 0.674. The largest absolute Gasteiger partial charge is 0.380 e. The number of fused-ring (bicyclic) bond motifs is 2. The average Bonchev–Trinajstić information content (AvgIpc) is 2.98. The van der Waals surface area contributed by atoms with Crippen molar-refractivity contribution in [3.05, 3.63) is 77.1 Å². The van der Waals surface area contributed by atoms with Gasteiger partial charge in [0, 0.05) is 24.6 Å². The van der Waals surface area contributed by atoms with Crippen molar-refractivity contribution >= 4 is 33.4 Å². The summed E-state index contributed by atoms with van der Waals surface area (Å²) in [4.78, 5) is 4.88. The molecule has 0 radical (unpaired) electrons. The van der Waals surface area contributed by atoms with E-state index >= 15 is 0 Å². The first-order chi connectivity index (χ1) is 12.8. The van der Waals surface area contributed by atoms with Crippen molar-refractivity contribution in [2.75, 3.05) is 13.2 Å². The minimum Gasteiger partial charge on any atom is -0.380 e. The summed E-state index contributed by atoms with van der Waals surface area (Å²) in [7, 11) is 0. The van der Waals surface area contributed by atoms with Crippen molar-refractivity contribution in [2.24, 2.45) is 0 Å². The second-order valence-electron chi connectivity index (χ2n) is 6.32. The highest BCUT2D eigenvalue weighted by Crippen LogP contribution is 2.25. The lowest BCUT2D eigenvalue weighted by Gasteiger charge is -2.11. The molecule has 0 saturated carbocycles. The maximum absolute atomic E-state index is 6.17. The maximum Gasteiger partial charge on any atom is 0.114 e. The molecule has 0 atom stereocenters. The van der Waals surface area contributed by atoms with E-state index in [1.54, 1.807) is 0 Å². The predicted molar refractivity (Wildman–Crippen MR) is 108 cm³/mol. The van der Waals surface area contributed by atoms with Crippen molar-refractivity contribution in [1.82, 2.24) is 9.55 Å². The minimum absolute atomic E-state index is 0.674. The van der Waals surface area contributed by atoms with Gasteiger partial charge in [-0.2, -0.15) is 0 Å². The zero-order valence-electron chi connectivity index (χ0n) is 14.8. The summed E-state index contributed by atoms with van der Waals surface area (Å²) in [6.45, 7) is 4.19. The molecule has 0 N–H and O–H groups in total. The molecule has 0 bridgehead atoms. The standard InChI is InChI=1S/C22H21ClN2O/c1-2-26-13-12-25-21-11-10-18(23)15-20(21)24-22(25)14-17-8-5-7-16-6-3-4-9-19(16)17/h3-11,15H,2,12-14H2,1H3. The van der Waals surface area contributed by atoms with Crippen LogP contribution in [0.3, 0.4) is 0 Å².